The number of aromatic nitrogens is 3. The summed E-state index contributed by atoms with van der Waals surface area (Å²) >= 11 is 0. The molecule has 0 aliphatic heterocycles. The summed E-state index contributed by atoms with van der Waals surface area (Å²) in [6.07, 6.45) is 3.14. The second-order valence-corrected chi connectivity index (χ2v) is 7.75. The lowest BCUT2D eigenvalue weighted by molar-refractivity contribution is 0.0951. The number of nitrogens with one attached hydrogen (secondary N) is 1. The molecule has 0 unspecified atom stereocenters. The fourth-order valence-corrected chi connectivity index (χ4v) is 3.91. The second kappa shape index (κ2) is 5.87. The molecule has 3 aromatic rings. The Morgan fingerprint density at radius 2 is 2.00 bits per heavy atom. The second-order valence-electron chi connectivity index (χ2n) is 7.75. The van der Waals surface area contributed by atoms with Crippen LogP contribution in [0.5, 0.6) is 0 Å². The van der Waals surface area contributed by atoms with Gasteiger partial charge in [0.15, 0.2) is 5.65 Å². The number of hydrogen-bond acceptors (Lipinski definition) is 3. The van der Waals surface area contributed by atoms with Crippen molar-refractivity contribution in [3.8, 4) is 0 Å². The SMILES string of the molecule is Cc1nn(C)c2nc(C3CC3)cc(C(=O)N[C@@H]3C[C@H]3c3ccc(F)cc3)c12. The number of pyridine rings is 1. The lowest BCUT2D eigenvalue weighted by Gasteiger charge is -2.09. The van der Waals surface area contributed by atoms with E-state index in [1.165, 1.54) is 12.1 Å². The Morgan fingerprint density at radius 1 is 1.26 bits per heavy atom. The maximum absolute atomic E-state index is 13.1. The molecule has 2 aromatic heterocycles. The molecule has 0 bridgehead atoms. The van der Waals surface area contributed by atoms with Crippen LogP contribution >= 0.6 is 0 Å². The number of fused-ring (bicyclic) bond motifs is 1. The van der Waals surface area contributed by atoms with Gasteiger partial charge in [-0.25, -0.2) is 9.37 Å². The van der Waals surface area contributed by atoms with Gasteiger partial charge in [-0.15, -0.1) is 0 Å². The van der Waals surface area contributed by atoms with Crippen LogP contribution < -0.4 is 5.32 Å². The van der Waals surface area contributed by atoms with Gasteiger partial charge in [-0.3, -0.25) is 9.48 Å². The van der Waals surface area contributed by atoms with Gasteiger partial charge in [0.25, 0.3) is 5.91 Å². The molecule has 1 aromatic carbocycles. The van der Waals surface area contributed by atoms with Gasteiger partial charge in [0.05, 0.1) is 16.6 Å². The third-order valence-corrected chi connectivity index (χ3v) is 5.63. The Morgan fingerprint density at radius 3 is 2.70 bits per heavy atom. The molecule has 5 nitrogen and oxygen atoms in total. The van der Waals surface area contributed by atoms with Gasteiger partial charge in [0.1, 0.15) is 5.82 Å². The number of nitrogens with zero attached hydrogens (tertiary/aromatic N) is 3. The van der Waals surface area contributed by atoms with E-state index in [2.05, 4.69) is 10.4 Å². The van der Waals surface area contributed by atoms with Crippen LogP contribution in [0, 0.1) is 12.7 Å². The summed E-state index contributed by atoms with van der Waals surface area (Å²) in [5, 5.41) is 8.44. The summed E-state index contributed by atoms with van der Waals surface area (Å²) in [5.41, 5.74) is 4.31. The van der Waals surface area contributed by atoms with Gasteiger partial charge in [-0.2, -0.15) is 5.10 Å². The van der Waals surface area contributed by atoms with E-state index in [9.17, 15) is 9.18 Å². The van der Waals surface area contributed by atoms with Crippen molar-refractivity contribution in [1.29, 1.82) is 0 Å². The molecule has 27 heavy (non-hydrogen) atoms. The van der Waals surface area contributed by atoms with Gasteiger partial charge in [-0.1, -0.05) is 12.1 Å². The topological polar surface area (TPSA) is 59.8 Å². The Labute approximate surface area is 156 Å². The Bertz CT molecular complexity index is 1050. The van der Waals surface area contributed by atoms with E-state index >= 15 is 0 Å². The molecule has 0 radical (unpaired) electrons. The molecule has 6 heteroatoms. The van der Waals surface area contributed by atoms with Gasteiger partial charge < -0.3 is 5.32 Å². The number of carbonyl (C=O) groups is 1. The van der Waals surface area contributed by atoms with Crippen LogP contribution in [0.4, 0.5) is 4.39 Å². The number of aryl methyl sites for hydroxylation is 2. The van der Waals surface area contributed by atoms with Gasteiger partial charge in [-0.05, 0) is 49.9 Å². The molecule has 0 spiro atoms. The summed E-state index contributed by atoms with van der Waals surface area (Å²) in [4.78, 5) is 17.8. The average molecular weight is 364 g/mol. The van der Waals surface area contributed by atoms with Crippen LogP contribution in [-0.4, -0.2) is 26.7 Å². The summed E-state index contributed by atoms with van der Waals surface area (Å²) in [5.74, 6) is 0.405. The van der Waals surface area contributed by atoms with Crippen molar-refractivity contribution in [1.82, 2.24) is 20.1 Å². The highest BCUT2D eigenvalue weighted by molar-refractivity contribution is 6.06. The number of benzene rings is 1. The molecular weight excluding hydrogens is 343 g/mol. The van der Waals surface area contributed by atoms with Crippen LogP contribution in [0.15, 0.2) is 30.3 Å². The highest BCUT2D eigenvalue weighted by atomic mass is 19.1. The van der Waals surface area contributed by atoms with Gasteiger partial charge >= 0.3 is 0 Å². The fraction of sp³-hybridized carbons (Fsp3) is 0.381. The highest BCUT2D eigenvalue weighted by Crippen LogP contribution is 2.42. The number of hydrogen-bond donors (Lipinski definition) is 1. The molecule has 1 amide bonds. The Kier molecular flexibility index (Phi) is 3.57. The molecule has 0 saturated heterocycles. The minimum Gasteiger partial charge on any atom is -0.349 e. The maximum atomic E-state index is 13.1. The minimum atomic E-state index is -0.237. The predicted octanol–water partition coefficient (Wildman–Crippen LogP) is 3.58. The average Bonchev–Trinajstić information content (AvgIpc) is 3.56. The van der Waals surface area contributed by atoms with Gasteiger partial charge in [0, 0.05) is 30.6 Å². The minimum absolute atomic E-state index is 0.0741. The third-order valence-electron chi connectivity index (χ3n) is 5.63. The van der Waals surface area contributed by atoms with E-state index < -0.39 is 0 Å². The van der Waals surface area contributed by atoms with E-state index in [4.69, 9.17) is 4.98 Å². The standard InChI is InChI=1S/C21H21FN4O/c1-11-19-16(10-17(13-3-4-13)23-20(19)26(2)25-11)21(27)24-18-9-15(18)12-5-7-14(22)8-6-12/h5-8,10,13,15,18H,3-4,9H2,1-2H3,(H,24,27)/t15-,18+/m0/s1. The first kappa shape index (κ1) is 16.4. The fourth-order valence-electron chi connectivity index (χ4n) is 3.91. The molecule has 1 N–H and O–H groups in total. The van der Waals surface area contributed by atoms with E-state index in [1.807, 2.05) is 20.0 Å². The van der Waals surface area contributed by atoms with Crippen LogP contribution in [0.2, 0.25) is 0 Å². The number of halogens is 1. The Balaban J connectivity index is 1.43. The molecule has 2 saturated carbocycles. The number of carbonyl (C=O) groups excluding carboxylic acids is 1. The van der Waals surface area contributed by atoms with Gasteiger partial charge in [0.2, 0.25) is 0 Å². The van der Waals surface area contributed by atoms with Crippen molar-refractivity contribution in [2.45, 2.75) is 44.1 Å². The van der Waals surface area contributed by atoms with E-state index in [0.717, 1.165) is 47.2 Å². The smallest absolute Gasteiger partial charge is 0.252 e. The lowest BCUT2D eigenvalue weighted by atomic mass is 10.1. The first-order chi connectivity index (χ1) is 13.0. The predicted molar refractivity (Wildman–Crippen MR) is 100 cm³/mol. The monoisotopic (exact) mass is 364 g/mol. The quantitative estimate of drug-likeness (QED) is 0.770. The highest BCUT2D eigenvalue weighted by Gasteiger charge is 2.40. The van der Waals surface area contributed by atoms with Crippen LogP contribution in [0.25, 0.3) is 11.0 Å². The molecular formula is C21H21FN4O. The first-order valence-corrected chi connectivity index (χ1v) is 9.42. The van der Waals surface area contributed by atoms with Crippen molar-refractivity contribution in [2.24, 2.45) is 7.05 Å². The summed E-state index contributed by atoms with van der Waals surface area (Å²) in [6, 6.07) is 8.58. The Hall–Kier alpha value is -2.76. The normalized spacial score (nSPS) is 21.4. The van der Waals surface area contributed by atoms with Crippen molar-refractivity contribution in [3.63, 3.8) is 0 Å². The molecule has 5 rings (SSSR count). The van der Waals surface area contributed by atoms with E-state index in [0.29, 0.717) is 11.5 Å². The van der Waals surface area contributed by atoms with Crippen LogP contribution in [0.1, 0.15) is 58.4 Å². The van der Waals surface area contributed by atoms with Crippen LogP contribution in [0.3, 0.4) is 0 Å². The first-order valence-electron chi connectivity index (χ1n) is 9.42. The van der Waals surface area contributed by atoms with Crippen molar-refractivity contribution >= 4 is 16.9 Å². The van der Waals surface area contributed by atoms with Crippen molar-refractivity contribution in [2.75, 3.05) is 0 Å². The van der Waals surface area contributed by atoms with Crippen LogP contribution in [-0.2, 0) is 7.05 Å². The molecule has 2 atom stereocenters. The summed E-state index contributed by atoms with van der Waals surface area (Å²) < 4.78 is 14.9. The molecule has 2 fully saturated rings. The molecule has 138 valence electrons. The lowest BCUT2D eigenvalue weighted by Crippen LogP contribution is -2.27. The zero-order valence-electron chi connectivity index (χ0n) is 15.4. The van der Waals surface area contributed by atoms with Crippen molar-refractivity contribution in [3.05, 3.63) is 58.7 Å². The maximum Gasteiger partial charge on any atom is 0.252 e. The summed E-state index contributed by atoms with van der Waals surface area (Å²) in [7, 11) is 1.87. The molecule has 2 heterocycles. The zero-order valence-corrected chi connectivity index (χ0v) is 15.4. The largest absolute Gasteiger partial charge is 0.349 e. The molecule has 2 aliphatic rings. The third kappa shape index (κ3) is 2.89. The summed E-state index contributed by atoms with van der Waals surface area (Å²) in [6.45, 7) is 1.91. The van der Waals surface area contributed by atoms with Crippen molar-refractivity contribution < 1.29 is 9.18 Å². The van der Waals surface area contributed by atoms with E-state index in [-0.39, 0.29) is 23.7 Å². The molecule has 2 aliphatic carbocycles. The number of rotatable bonds is 4. The van der Waals surface area contributed by atoms with E-state index in [1.54, 1.807) is 16.8 Å². The number of amides is 1. The zero-order chi connectivity index (χ0) is 18.7.